The van der Waals surface area contributed by atoms with E-state index in [4.69, 9.17) is 0 Å². The molecule has 0 amide bonds. The van der Waals surface area contributed by atoms with Gasteiger partial charge in [0, 0.05) is 24.2 Å². The molecule has 6 heteroatoms. The van der Waals surface area contributed by atoms with E-state index in [2.05, 4.69) is 5.32 Å². The van der Waals surface area contributed by atoms with Gasteiger partial charge in [0.2, 0.25) is 0 Å². The molecule has 2 nitrogen and oxygen atoms in total. The topological polar surface area (TPSA) is 15.3 Å². The summed E-state index contributed by atoms with van der Waals surface area (Å²) in [4.78, 5) is 2.67. The van der Waals surface area contributed by atoms with Gasteiger partial charge in [-0.15, -0.1) is 11.3 Å². The van der Waals surface area contributed by atoms with Gasteiger partial charge in [0.05, 0.1) is 12.1 Å². The molecule has 2 rings (SSSR count). The zero-order valence-electron chi connectivity index (χ0n) is 11.9. The van der Waals surface area contributed by atoms with Gasteiger partial charge in [0.15, 0.2) is 0 Å². The van der Waals surface area contributed by atoms with Crippen LogP contribution in [0.5, 0.6) is 0 Å². The van der Waals surface area contributed by atoms with E-state index in [9.17, 15) is 13.2 Å². The highest BCUT2D eigenvalue weighted by Crippen LogP contribution is 2.37. The Bertz CT molecular complexity index is 579. The van der Waals surface area contributed by atoms with Crippen molar-refractivity contribution in [2.24, 2.45) is 0 Å². The van der Waals surface area contributed by atoms with E-state index in [1.165, 1.54) is 17.4 Å². The molecule has 0 atom stereocenters. The highest BCUT2D eigenvalue weighted by Gasteiger charge is 2.34. The first kappa shape index (κ1) is 15.9. The minimum atomic E-state index is -4.36. The largest absolute Gasteiger partial charge is 0.418 e. The number of halogens is 3. The van der Waals surface area contributed by atoms with Crippen LogP contribution in [0.3, 0.4) is 0 Å². The number of alkyl halides is 3. The monoisotopic (exact) mass is 314 g/mol. The highest BCUT2D eigenvalue weighted by atomic mass is 32.1. The van der Waals surface area contributed by atoms with Gasteiger partial charge in [0.1, 0.15) is 0 Å². The van der Waals surface area contributed by atoms with Crippen molar-refractivity contribution in [1.82, 2.24) is 5.32 Å². The van der Waals surface area contributed by atoms with Gasteiger partial charge in [-0.05, 0) is 36.2 Å². The van der Waals surface area contributed by atoms with Gasteiger partial charge in [-0.3, -0.25) is 0 Å². The summed E-state index contributed by atoms with van der Waals surface area (Å²) in [7, 11) is 3.39. The molecule has 0 aliphatic carbocycles. The second kappa shape index (κ2) is 6.49. The van der Waals surface area contributed by atoms with E-state index >= 15 is 0 Å². The normalized spacial score (nSPS) is 11.7. The number of benzene rings is 1. The number of nitrogens with one attached hydrogen (secondary N) is 1. The van der Waals surface area contributed by atoms with Crippen LogP contribution >= 0.6 is 11.3 Å². The lowest BCUT2D eigenvalue weighted by molar-refractivity contribution is -0.137. The summed E-state index contributed by atoms with van der Waals surface area (Å²) in [6.07, 6.45) is -4.36. The third-order valence-electron chi connectivity index (χ3n) is 3.13. The molecule has 1 aromatic heterocycles. The van der Waals surface area contributed by atoms with Crippen molar-refractivity contribution in [2.75, 3.05) is 19.0 Å². The number of anilines is 1. The van der Waals surface area contributed by atoms with E-state index in [0.717, 1.165) is 4.88 Å². The average molecular weight is 314 g/mol. The molecule has 2 aromatic rings. The van der Waals surface area contributed by atoms with E-state index in [1.807, 2.05) is 17.5 Å². The Morgan fingerprint density at radius 2 is 2.00 bits per heavy atom. The summed E-state index contributed by atoms with van der Waals surface area (Å²) in [5.74, 6) is 0. The second-order valence-electron chi connectivity index (χ2n) is 4.82. The van der Waals surface area contributed by atoms with Crippen molar-refractivity contribution in [3.8, 4) is 0 Å². The van der Waals surface area contributed by atoms with Crippen molar-refractivity contribution >= 4 is 17.0 Å². The zero-order valence-corrected chi connectivity index (χ0v) is 12.7. The quantitative estimate of drug-likeness (QED) is 0.893. The molecule has 0 aliphatic rings. The van der Waals surface area contributed by atoms with Crippen molar-refractivity contribution < 1.29 is 13.2 Å². The van der Waals surface area contributed by atoms with Crippen LogP contribution in [0.25, 0.3) is 0 Å². The van der Waals surface area contributed by atoms with Crippen LogP contribution in [0, 0.1) is 0 Å². The molecule has 0 radical (unpaired) electrons. The molecule has 0 saturated carbocycles. The van der Waals surface area contributed by atoms with Crippen LogP contribution in [0.2, 0.25) is 0 Å². The zero-order chi connectivity index (χ0) is 15.5. The van der Waals surface area contributed by atoms with Crippen molar-refractivity contribution in [2.45, 2.75) is 19.3 Å². The molecule has 0 saturated heterocycles. The minimum absolute atomic E-state index is 0.204. The lowest BCUT2D eigenvalue weighted by Crippen LogP contribution is -2.21. The number of nitrogens with zero attached hydrogens (tertiary/aromatic N) is 1. The average Bonchev–Trinajstić information content (AvgIpc) is 2.91. The Morgan fingerprint density at radius 3 is 2.57 bits per heavy atom. The summed E-state index contributed by atoms with van der Waals surface area (Å²) in [5.41, 5.74) is 0.239. The van der Waals surface area contributed by atoms with E-state index < -0.39 is 11.7 Å². The van der Waals surface area contributed by atoms with Crippen molar-refractivity contribution in [1.29, 1.82) is 0 Å². The van der Waals surface area contributed by atoms with Crippen LogP contribution in [-0.4, -0.2) is 14.1 Å². The Kier molecular flexibility index (Phi) is 4.90. The maximum absolute atomic E-state index is 13.3. The molecule has 21 heavy (non-hydrogen) atoms. The van der Waals surface area contributed by atoms with Crippen LogP contribution in [0.15, 0.2) is 35.7 Å². The van der Waals surface area contributed by atoms with Gasteiger partial charge < -0.3 is 10.2 Å². The number of hydrogen-bond acceptors (Lipinski definition) is 3. The second-order valence-corrected chi connectivity index (χ2v) is 5.85. The number of rotatable bonds is 5. The highest BCUT2D eigenvalue weighted by molar-refractivity contribution is 7.09. The molecular formula is C15H17F3N2S. The molecule has 0 unspecified atom stereocenters. The maximum atomic E-state index is 13.3. The predicted octanol–water partition coefficient (Wildman–Crippen LogP) is 4.12. The molecule has 0 fully saturated rings. The third-order valence-corrected chi connectivity index (χ3v) is 3.99. The summed E-state index contributed by atoms with van der Waals surface area (Å²) in [6, 6.07) is 8.31. The standard InChI is InChI=1S/C15H17F3N2S/c1-19-9-11-5-6-14(13(8-11)15(16,17)18)20(2)10-12-4-3-7-21-12/h3-8,19H,9-10H2,1-2H3. The Hall–Kier alpha value is -1.53. The fourth-order valence-corrected chi connectivity index (χ4v) is 2.94. The van der Waals surface area contributed by atoms with Gasteiger partial charge in [-0.2, -0.15) is 13.2 Å². The van der Waals surface area contributed by atoms with E-state index in [-0.39, 0.29) is 5.69 Å². The molecule has 114 valence electrons. The first-order chi connectivity index (χ1) is 9.91. The summed E-state index contributed by atoms with van der Waals surface area (Å²) < 4.78 is 39.8. The summed E-state index contributed by atoms with van der Waals surface area (Å²) in [5, 5.41) is 4.79. The molecule has 0 spiro atoms. The van der Waals surface area contributed by atoms with Crippen molar-refractivity contribution in [3.05, 3.63) is 51.7 Å². The molecular weight excluding hydrogens is 297 g/mol. The predicted molar refractivity (Wildman–Crippen MR) is 80.6 cm³/mol. The lowest BCUT2D eigenvalue weighted by Gasteiger charge is -2.23. The number of hydrogen-bond donors (Lipinski definition) is 1. The van der Waals surface area contributed by atoms with Gasteiger partial charge in [-0.25, -0.2) is 0 Å². The van der Waals surface area contributed by atoms with Crippen LogP contribution in [0.4, 0.5) is 18.9 Å². The Labute approximate surface area is 126 Å². The maximum Gasteiger partial charge on any atom is 0.418 e. The summed E-state index contributed by atoms with van der Waals surface area (Å²) >= 11 is 1.54. The first-order valence-corrected chi connectivity index (χ1v) is 7.38. The minimum Gasteiger partial charge on any atom is -0.369 e. The van der Waals surface area contributed by atoms with Crippen LogP contribution in [0.1, 0.15) is 16.0 Å². The van der Waals surface area contributed by atoms with Gasteiger partial charge in [-0.1, -0.05) is 12.1 Å². The van der Waals surface area contributed by atoms with Crippen LogP contribution in [-0.2, 0) is 19.3 Å². The van der Waals surface area contributed by atoms with Gasteiger partial charge in [0.25, 0.3) is 0 Å². The fraction of sp³-hybridized carbons (Fsp3) is 0.333. The fourth-order valence-electron chi connectivity index (χ4n) is 2.18. The molecule has 1 aromatic carbocycles. The molecule has 0 bridgehead atoms. The molecule has 1 heterocycles. The van der Waals surface area contributed by atoms with E-state index in [0.29, 0.717) is 18.7 Å². The Balaban J connectivity index is 2.33. The van der Waals surface area contributed by atoms with Gasteiger partial charge >= 0.3 is 6.18 Å². The van der Waals surface area contributed by atoms with E-state index in [1.54, 1.807) is 31.1 Å². The number of thiophene rings is 1. The smallest absolute Gasteiger partial charge is 0.369 e. The Morgan fingerprint density at radius 1 is 1.24 bits per heavy atom. The first-order valence-electron chi connectivity index (χ1n) is 6.50. The van der Waals surface area contributed by atoms with Crippen LogP contribution < -0.4 is 10.2 Å². The SMILES string of the molecule is CNCc1ccc(N(C)Cc2cccs2)c(C(F)(F)F)c1. The lowest BCUT2D eigenvalue weighted by atomic mass is 10.1. The van der Waals surface area contributed by atoms with Crippen molar-refractivity contribution in [3.63, 3.8) is 0 Å². The molecule has 1 N–H and O–H groups in total. The molecule has 0 aliphatic heterocycles. The summed E-state index contributed by atoms with van der Waals surface area (Å²) in [6.45, 7) is 0.879. The third kappa shape index (κ3) is 3.98.